The molecule has 0 aliphatic heterocycles. The third-order valence-corrected chi connectivity index (χ3v) is 3.15. The molecule has 0 radical (unpaired) electrons. The summed E-state index contributed by atoms with van der Waals surface area (Å²) in [7, 11) is 0. The van der Waals surface area contributed by atoms with Crippen molar-refractivity contribution < 1.29 is 4.74 Å². The molecule has 1 aromatic carbocycles. The third kappa shape index (κ3) is 5.29. The molecular formula is C19H28O. The Kier molecular flexibility index (Phi) is 6.65. The van der Waals surface area contributed by atoms with Crippen LogP contribution in [-0.2, 0) is 11.8 Å². The molecule has 0 spiro atoms. The van der Waals surface area contributed by atoms with Crippen LogP contribution >= 0.6 is 0 Å². The molecule has 0 atom stereocenters. The molecule has 0 fully saturated rings. The maximum absolute atomic E-state index is 5.88. The highest BCUT2D eigenvalue weighted by molar-refractivity contribution is 5.41. The van der Waals surface area contributed by atoms with E-state index in [1.807, 2.05) is 0 Å². The summed E-state index contributed by atoms with van der Waals surface area (Å²) in [5, 5.41) is 0. The monoisotopic (exact) mass is 272 g/mol. The molecule has 0 unspecified atom stereocenters. The van der Waals surface area contributed by atoms with Crippen molar-refractivity contribution in [1.29, 1.82) is 0 Å². The van der Waals surface area contributed by atoms with Crippen molar-refractivity contribution in [2.45, 2.75) is 65.7 Å². The molecule has 1 heteroatoms. The van der Waals surface area contributed by atoms with E-state index in [4.69, 9.17) is 4.74 Å². The Labute approximate surface area is 124 Å². The van der Waals surface area contributed by atoms with Gasteiger partial charge in [-0.15, -0.1) is 11.8 Å². The Balaban J connectivity index is 2.90. The lowest BCUT2D eigenvalue weighted by Gasteiger charge is -2.23. The minimum atomic E-state index is 0.105. The lowest BCUT2D eigenvalue weighted by atomic mass is 9.85. The Hall–Kier alpha value is -1.42. The van der Waals surface area contributed by atoms with E-state index in [9.17, 15) is 0 Å². The third-order valence-electron chi connectivity index (χ3n) is 3.15. The fourth-order valence-electron chi connectivity index (χ4n) is 2.08. The molecule has 0 amide bonds. The summed E-state index contributed by atoms with van der Waals surface area (Å²) in [6.07, 6.45) is 3.94. The zero-order valence-corrected chi connectivity index (χ0v) is 13.7. The zero-order chi connectivity index (χ0) is 15.0. The van der Waals surface area contributed by atoms with E-state index in [-0.39, 0.29) is 5.41 Å². The van der Waals surface area contributed by atoms with Crippen LogP contribution in [0, 0.1) is 11.8 Å². The Morgan fingerprint density at radius 3 is 2.45 bits per heavy atom. The lowest BCUT2D eigenvalue weighted by molar-refractivity contribution is 0.308. The van der Waals surface area contributed by atoms with E-state index in [2.05, 4.69) is 64.7 Å². The normalized spacial score (nSPS) is 10.8. The van der Waals surface area contributed by atoms with Crippen LogP contribution in [0.15, 0.2) is 18.2 Å². The summed E-state index contributed by atoms with van der Waals surface area (Å²) < 4.78 is 5.88. The van der Waals surface area contributed by atoms with Crippen molar-refractivity contribution in [1.82, 2.24) is 0 Å². The molecule has 0 saturated heterocycles. The fourth-order valence-corrected chi connectivity index (χ4v) is 2.08. The number of rotatable bonds is 5. The topological polar surface area (TPSA) is 9.23 Å². The van der Waals surface area contributed by atoms with Crippen LogP contribution in [0.4, 0.5) is 0 Å². The van der Waals surface area contributed by atoms with E-state index in [0.717, 1.165) is 38.0 Å². The molecule has 0 saturated carbocycles. The van der Waals surface area contributed by atoms with Gasteiger partial charge < -0.3 is 4.74 Å². The highest BCUT2D eigenvalue weighted by Crippen LogP contribution is 2.32. The summed E-state index contributed by atoms with van der Waals surface area (Å²) in [5.74, 6) is 7.37. The van der Waals surface area contributed by atoms with E-state index in [1.54, 1.807) is 0 Å². The second-order valence-electron chi connectivity index (χ2n) is 6.14. The standard InChI is InChI=1S/C19H28O/c1-6-8-9-10-11-16-12-13-18(20-14-7-2)17(15-16)19(3,4)5/h12-13,15H,6-7,10-11,14H2,1-5H3. The van der Waals surface area contributed by atoms with E-state index in [1.165, 1.54) is 11.1 Å². The number of ether oxygens (including phenoxy) is 1. The van der Waals surface area contributed by atoms with E-state index in [0.29, 0.717) is 0 Å². The molecule has 1 aromatic rings. The van der Waals surface area contributed by atoms with Gasteiger partial charge in [-0.05, 0) is 35.4 Å². The van der Waals surface area contributed by atoms with E-state index < -0.39 is 0 Å². The first-order valence-electron chi connectivity index (χ1n) is 7.71. The van der Waals surface area contributed by atoms with Gasteiger partial charge in [-0.1, -0.05) is 46.8 Å². The molecule has 0 aromatic heterocycles. The maximum atomic E-state index is 5.88. The molecule has 20 heavy (non-hydrogen) atoms. The van der Waals surface area contributed by atoms with Crippen molar-refractivity contribution >= 4 is 0 Å². The van der Waals surface area contributed by atoms with Crippen LogP contribution in [0.2, 0.25) is 0 Å². The van der Waals surface area contributed by atoms with Gasteiger partial charge in [0.25, 0.3) is 0 Å². The molecular weight excluding hydrogens is 244 g/mol. The van der Waals surface area contributed by atoms with Gasteiger partial charge in [-0.3, -0.25) is 0 Å². The van der Waals surface area contributed by atoms with Gasteiger partial charge in [0.15, 0.2) is 0 Å². The predicted molar refractivity (Wildman–Crippen MR) is 87.3 cm³/mol. The van der Waals surface area contributed by atoms with Gasteiger partial charge >= 0.3 is 0 Å². The minimum Gasteiger partial charge on any atom is -0.493 e. The van der Waals surface area contributed by atoms with Crippen molar-refractivity contribution in [2.75, 3.05) is 6.61 Å². The molecule has 0 bridgehead atoms. The van der Waals surface area contributed by atoms with Crippen molar-refractivity contribution in [2.24, 2.45) is 0 Å². The second kappa shape index (κ2) is 8.00. The highest BCUT2D eigenvalue weighted by Gasteiger charge is 2.19. The Morgan fingerprint density at radius 2 is 1.85 bits per heavy atom. The first kappa shape index (κ1) is 16.6. The van der Waals surface area contributed by atoms with E-state index >= 15 is 0 Å². The van der Waals surface area contributed by atoms with Gasteiger partial charge in [0.05, 0.1) is 6.61 Å². The first-order chi connectivity index (χ1) is 9.49. The molecule has 0 N–H and O–H groups in total. The largest absolute Gasteiger partial charge is 0.493 e. The van der Waals surface area contributed by atoms with Crippen molar-refractivity contribution in [3.8, 4) is 17.6 Å². The summed E-state index contributed by atoms with van der Waals surface area (Å²) >= 11 is 0. The van der Waals surface area contributed by atoms with Gasteiger partial charge in [-0.25, -0.2) is 0 Å². The van der Waals surface area contributed by atoms with Crippen LogP contribution in [0.3, 0.4) is 0 Å². The summed E-state index contributed by atoms with van der Waals surface area (Å²) in [6, 6.07) is 6.59. The second-order valence-corrected chi connectivity index (χ2v) is 6.14. The molecule has 0 heterocycles. The minimum absolute atomic E-state index is 0.105. The average Bonchev–Trinajstić information content (AvgIpc) is 2.41. The molecule has 1 nitrogen and oxygen atoms in total. The molecule has 1 rings (SSSR count). The first-order valence-corrected chi connectivity index (χ1v) is 7.71. The SMILES string of the molecule is CCC#CCCc1ccc(OCCC)c(C(C)(C)C)c1. The molecule has 0 aliphatic carbocycles. The van der Waals surface area contributed by atoms with Crippen LogP contribution in [0.5, 0.6) is 5.75 Å². The predicted octanol–water partition coefficient (Wildman–Crippen LogP) is 5.12. The quantitative estimate of drug-likeness (QED) is 0.676. The number of hydrogen-bond donors (Lipinski definition) is 0. The molecule has 110 valence electrons. The summed E-state index contributed by atoms with van der Waals surface area (Å²) in [5.41, 5.74) is 2.75. The van der Waals surface area contributed by atoms with Crippen molar-refractivity contribution in [3.05, 3.63) is 29.3 Å². The fraction of sp³-hybridized carbons (Fsp3) is 0.579. The summed E-state index contributed by atoms with van der Waals surface area (Å²) in [4.78, 5) is 0. The number of aryl methyl sites for hydroxylation is 1. The van der Waals surface area contributed by atoms with Crippen LogP contribution in [0.25, 0.3) is 0 Å². The Bertz CT molecular complexity index is 469. The van der Waals surface area contributed by atoms with Crippen LogP contribution < -0.4 is 4.74 Å². The smallest absolute Gasteiger partial charge is 0.123 e. The maximum Gasteiger partial charge on any atom is 0.123 e. The number of hydrogen-bond acceptors (Lipinski definition) is 1. The average molecular weight is 272 g/mol. The van der Waals surface area contributed by atoms with Gasteiger partial charge in [0.1, 0.15) is 5.75 Å². The van der Waals surface area contributed by atoms with Crippen LogP contribution in [0.1, 0.15) is 65.0 Å². The Morgan fingerprint density at radius 1 is 1.10 bits per heavy atom. The van der Waals surface area contributed by atoms with Crippen molar-refractivity contribution in [3.63, 3.8) is 0 Å². The van der Waals surface area contributed by atoms with Gasteiger partial charge in [-0.2, -0.15) is 0 Å². The zero-order valence-electron chi connectivity index (χ0n) is 13.7. The van der Waals surface area contributed by atoms with Gasteiger partial charge in [0.2, 0.25) is 0 Å². The number of benzene rings is 1. The molecule has 0 aliphatic rings. The van der Waals surface area contributed by atoms with Crippen LogP contribution in [-0.4, -0.2) is 6.61 Å². The lowest BCUT2D eigenvalue weighted by Crippen LogP contribution is -2.14. The van der Waals surface area contributed by atoms with Gasteiger partial charge in [0, 0.05) is 12.8 Å². The highest BCUT2D eigenvalue weighted by atomic mass is 16.5. The summed E-state index contributed by atoms with van der Waals surface area (Å²) in [6.45, 7) is 11.7.